The van der Waals surface area contributed by atoms with E-state index in [4.69, 9.17) is 9.26 Å². The van der Waals surface area contributed by atoms with Crippen molar-refractivity contribution < 1.29 is 14.1 Å². The number of esters is 1. The lowest BCUT2D eigenvalue weighted by molar-refractivity contribution is 0.0526. The Labute approximate surface area is 142 Å². The summed E-state index contributed by atoms with van der Waals surface area (Å²) in [5.41, 5.74) is 1.93. The Morgan fingerprint density at radius 1 is 1.10 bits per heavy atom. The number of hydrogen-bond donors (Lipinski definition) is 0. The van der Waals surface area contributed by atoms with Gasteiger partial charge in [-0.3, -0.25) is 0 Å². The molecule has 1 aromatic carbocycles. The highest BCUT2D eigenvalue weighted by Gasteiger charge is 2.05. The molecule has 0 aliphatic rings. The summed E-state index contributed by atoms with van der Waals surface area (Å²) in [6.07, 6.45) is 7.23. The summed E-state index contributed by atoms with van der Waals surface area (Å²) in [4.78, 5) is 11.5. The van der Waals surface area contributed by atoms with E-state index < -0.39 is 0 Å². The van der Waals surface area contributed by atoms with Gasteiger partial charge >= 0.3 is 5.97 Å². The van der Waals surface area contributed by atoms with Gasteiger partial charge in [-0.05, 0) is 65.9 Å². The van der Waals surface area contributed by atoms with Crippen molar-refractivity contribution in [3.05, 3.63) is 35.4 Å². The van der Waals surface area contributed by atoms with Crippen LogP contribution in [0, 0.1) is 0 Å². The smallest absolute Gasteiger partial charge is 0.338 e. The number of unbranched alkanes of at least 4 members (excludes halogenated alkanes) is 4. The highest BCUT2D eigenvalue weighted by Crippen LogP contribution is 2.22. The lowest BCUT2D eigenvalue weighted by Gasteiger charge is -2.05. The number of carbonyl (C=O) groups is 1. The van der Waals surface area contributed by atoms with Crippen molar-refractivity contribution >= 4 is 34.5 Å². The lowest BCUT2D eigenvalue weighted by atomic mass is 10.0. The minimum Gasteiger partial charge on any atom is -0.462 e. The van der Waals surface area contributed by atoms with Crippen LogP contribution >= 0.6 is 28.5 Å². The molecule has 21 heavy (non-hydrogen) atoms. The first-order valence-electron chi connectivity index (χ1n) is 7.51. The van der Waals surface area contributed by atoms with Gasteiger partial charge in [0.15, 0.2) is 0 Å². The largest absolute Gasteiger partial charge is 0.462 e. The number of carbonyl (C=O) groups excluding carboxylic acids is 1. The second-order valence-electron chi connectivity index (χ2n) is 4.86. The molecule has 0 fully saturated rings. The zero-order valence-corrected chi connectivity index (χ0v) is 15.7. The first-order valence-corrected chi connectivity index (χ1v) is 11.5. The SMILES string of the molecule is CCOC(=O)c1ccc(CCCCCCCOPI)cc1. The van der Waals surface area contributed by atoms with Gasteiger partial charge in [0.1, 0.15) is 0 Å². The Morgan fingerprint density at radius 3 is 2.43 bits per heavy atom. The molecular formula is C16H24IO3P. The van der Waals surface area contributed by atoms with E-state index in [-0.39, 0.29) is 5.97 Å². The van der Waals surface area contributed by atoms with Crippen LogP contribution < -0.4 is 0 Å². The maximum atomic E-state index is 11.5. The molecule has 0 radical (unpaired) electrons. The van der Waals surface area contributed by atoms with Crippen LogP contribution in [0.5, 0.6) is 0 Å². The number of aryl methyl sites for hydroxylation is 1. The van der Waals surface area contributed by atoms with Gasteiger partial charge in [-0.25, -0.2) is 4.79 Å². The third-order valence-corrected chi connectivity index (χ3v) is 4.48. The predicted molar refractivity (Wildman–Crippen MR) is 97.5 cm³/mol. The molecule has 0 spiro atoms. The van der Waals surface area contributed by atoms with E-state index >= 15 is 0 Å². The lowest BCUT2D eigenvalue weighted by Crippen LogP contribution is -2.04. The second kappa shape index (κ2) is 12.4. The van der Waals surface area contributed by atoms with E-state index in [0.717, 1.165) is 13.0 Å². The molecule has 0 aliphatic heterocycles. The van der Waals surface area contributed by atoms with E-state index in [1.165, 1.54) is 37.7 Å². The van der Waals surface area contributed by atoms with Crippen molar-refractivity contribution in [3.63, 3.8) is 0 Å². The quantitative estimate of drug-likeness (QED) is 0.210. The van der Waals surface area contributed by atoms with Gasteiger partial charge in [-0.2, -0.15) is 0 Å². The Kier molecular flexibility index (Phi) is 11.1. The van der Waals surface area contributed by atoms with Gasteiger partial charge < -0.3 is 9.26 Å². The first-order chi connectivity index (χ1) is 10.3. The molecule has 0 aliphatic carbocycles. The summed E-state index contributed by atoms with van der Waals surface area (Å²) < 4.78 is 10.3. The summed E-state index contributed by atoms with van der Waals surface area (Å²) >= 11 is 2.26. The molecule has 0 amide bonds. The molecular weight excluding hydrogens is 398 g/mol. The summed E-state index contributed by atoms with van der Waals surface area (Å²) in [5.74, 6) is -0.238. The van der Waals surface area contributed by atoms with Crippen LogP contribution in [0.1, 0.15) is 54.9 Å². The van der Waals surface area contributed by atoms with Crippen LogP contribution in [0.3, 0.4) is 0 Å². The molecule has 1 unspecified atom stereocenters. The average molecular weight is 422 g/mol. The van der Waals surface area contributed by atoms with Crippen molar-refractivity contribution in [2.45, 2.75) is 45.4 Å². The van der Waals surface area contributed by atoms with E-state index in [9.17, 15) is 4.79 Å². The fourth-order valence-corrected chi connectivity index (χ4v) is 2.98. The molecule has 5 heteroatoms. The molecule has 1 rings (SSSR count). The van der Waals surface area contributed by atoms with Gasteiger partial charge in [-0.1, -0.05) is 31.4 Å². The van der Waals surface area contributed by atoms with Crippen molar-refractivity contribution in [2.75, 3.05) is 13.2 Å². The number of benzene rings is 1. The van der Waals surface area contributed by atoms with Gasteiger partial charge in [0.05, 0.1) is 25.2 Å². The molecule has 1 atom stereocenters. The Morgan fingerprint density at radius 2 is 1.76 bits per heavy atom. The van der Waals surface area contributed by atoms with Crippen LogP contribution in [0.25, 0.3) is 0 Å². The first kappa shape index (κ1) is 18.9. The van der Waals surface area contributed by atoms with Gasteiger partial charge in [0.25, 0.3) is 0 Å². The van der Waals surface area contributed by atoms with Gasteiger partial charge in [0, 0.05) is 0 Å². The van der Waals surface area contributed by atoms with E-state index in [0.29, 0.717) is 18.6 Å². The topological polar surface area (TPSA) is 35.5 Å². The molecule has 3 nitrogen and oxygen atoms in total. The van der Waals surface area contributed by atoms with Crippen LogP contribution in [-0.2, 0) is 15.7 Å². The van der Waals surface area contributed by atoms with Gasteiger partial charge in [-0.15, -0.1) is 0 Å². The monoisotopic (exact) mass is 422 g/mol. The third-order valence-electron chi connectivity index (χ3n) is 3.23. The van der Waals surface area contributed by atoms with Crippen molar-refractivity contribution in [1.82, 2.24) is 0 Å². The number of hydrogen-bond acceptors (Lipinski definition) is 3. The molecule has 0 saturated heterocycles. The number of rotatable bonds is 11. The zero-order valence-electron chi connectivity index (χ0n) is 12.6. The average Bonchev–Trinajstić information content (AvgIpc) is 2.51. The minimum absolute atomic E-state index is 0.238. The summed E-state index contributed by atoms with van der Waals surface area (Å²) in [5, 5.41) is 0. The van der Waals surface area contributed by atoms with Crippen molar-refractivity contribution in [3.8, 4) is 0 Å². The van der Waals surface area contributed by atoms with Crippen molar-refractivity contribution in [2.24, 2.45) is 0 Å². The van der Waals surface area contributed by atoms with Crippen LogP contribution in [0.2, 0.25) is 0 Å². The highest BCUT2D eigenvalue weighted by molar-refractivity contribution is 14.2. The van der Waals surface area contributed by atoms with E-state index in [2.05, 4.69) is 22.0 Å². The highest BCUT2D eigenvalue weighted by atomic mass is 127. The fourth-order valence-electron chi connectivity index (χ4n) is 2.09. The Hall–Kier alpha value is -0.190. The molecule has 1 aromatic rings. The van der Waals surface area contributed by atoms with E-state index in [1.54, 1.807) is 0 Å². The second-order valence-corrected chi connectivity index (χ2v) is 6.62. The van der Waals surface area contributed by atoms with E-state index in [1.807, 2.05) is 31.2 Å². The normalized spacial score (nSPS) is 11.1. The van der Waals surface area contributed by atoms with Gasteiger partial charge in [0.2, 0.25) is 0 Å². The Balaban J connectivity index is 2.14. The third kappa shape index (κ3) is 8.74. The zero-order chi connectivity index (χ0) is 15.3. The molecule has 0 aromatic heterocycles. The predicted octanol–water partition coefficient (Wildman–Crippen LogP) is 5.32. The minimum atomic E-state index is -0.238. The number of ether oxygens (including phenoxy) is 1. The standard InChI is InChI=1S/C16H24IO3P/c1-2-19-16(18)15-11-9-14(10-12-15)8-6-4-3-5-7-13-20-21-17/h9-12,21H,2-8,13H2,1H3. The molecule has 118 valence electrons. The summed E-state index contributed by atoms with van der Waals surface area (Å²) in [7, 11) is 0. The molecule has 0 bridgehead atoms. The molecule has 0 heterocycles. The fraction of sp³-hybridized carbons (Fsp3) is 0.562. The Bertz CT molecular complexity index is 395. The van der Waals surface area contributed by atoms with Crippen molar-refractivity contribution in [1.29, 1.82) is 0 Å². The maximum Gasteiger partial charge on any atom is 0.338 e. The van der Waals surface area contributed by atoms with Crippen LogP contribution in [0.15, 0.2) is 24.3 Å². The number of halogens is 1. The summed E-state index contributed by atoms with van der Waals surface area (Å²) in [6, 6.07) is 7.77. The maximum absolute atomic E-state index is 11.5. The van der Waals surface area contributed by atoms with Crippen LogP contribution in [-0.4, -0.2) is 19.2 Å². The van der Waals surface area contributed by atoms with Crippen LogP contribution in [0.4, 0.5) is 0 Å². The molecule has 0 N–H and O–H groups in total. The summed E-state index contributed by atoms with van der Waals surface area (Å²) in [6.45, 7) is 3.72. The molecule has 0 saturated carbocycles.